The van der Waals surface area contributed by atoms with Crippen LogP contribution in [0.2, 0.25) is 5.02 Å². The summed E-state index contributed by atoms with van der Waals surface area (Å²) in [5.74, 6) is -0.788. The van der Waals surface area contributed by atoms with Crippen LogP contribution in [0.3, 0.4) is 0 Å². The maximum Gasteiger partial charge on any atom is 0.340 e. The molecule has 0 saturated heterocycles. The largest absolute Gasteiger partial charge is 0.444 e. The summed E-state index contributed by atoms with van der Waals surface area (Å²) in [5, 5.41) is 20.3. The number of rotatable bonds is 5. The quantitative estimate of drug-likeness (QED) is 0.442. The van der Waals surface area contributed by atoms with Crippen molar-refractivity contribution in [3.8, 4) is 6.07 Å². The molecule has 2 aromatic carbocycles. The Hall–Kier alpha value is -2.56. The predicted molar refractivity (Wildman–Crippen MR) is 89.2 cm³/mol. The van der Waals surface area contributed by atoms with Crippen LogP contribution in [0.1, 0.15) is 17.3 Å². The first-order chi connectivity index (χ1) is 11.4. The summed E-state index contributed by atoms with van der Waals surface area (Å²) < 4.78 is 4.96. The van der Waals surface area contributed by atoms with Crippen molar-refractivity contribution in [2.75, 3.05) is 0 Å². The summed E-state index contributed by atoms with van der Waals surface area (Å²) in [6, 6.07) is 12.6. The van der Waals surface area contributed by atoms with E-state index in [1.165, 1.54) is 30.8 Å². The van der Waals surface area contributed by atoms with Gasteiger partial charge in [0.15, 0.2) is 6.10 Å². The first kappa shape index (κ1) is 17.8. The SMILES string of the molecule is C[C@@H](C#N)OC(=O)c1cc([N+](=O)[O-])ccc1Sc1ccc(Cl)cc1. The van der Waals surface area contributed by atoms with E-state index in [1.54, 1.807) is 30.3 Å². The molecule has 0 N–H and O–H groups in total. The molecule has 24 heavy (non-hydrogen) atoms. The van der Waals surface area contributed by atoms with E-state index in [1.807, 2.05) is 0 Å². The minimum absolute atomic E-state index is 0.0336. The average molecular weight is 363 g/mol. The second kappa shape index (κ2) is 7.81. The molecule has 1 atom stereocenters. The van der Waals surface area contributed by atoms with Crippen molar-refractivity contribution < 1.29 is 14.5 Å². The van der Waals surface area contributed by atoms with Gasteiger partial charge in [-0.05, 0) is 37.3 Å². The van der Waals surface area contributed by atoms with Gasteiger partial charge in [-0.3, -0.25) is 10.1 Å². The van der Waals surface area contributed by atoms with E-state index in [4.69, 9.17) is 21.6 Å². The van der Waals surface area contributed by atoms with Gasteiger partial charge in [0.25, 0.3) is 5.69 Å². The maximum atomic E-state index is 12.2. The van der Waals surface area contributed by atoms with Crippen LogP contribution in [0.25, 0.3) is 0 Å². The van der Waals surface area contributed by atoms with Gasteiger partial charge < -0.3 is 4.74 Å². The van der Waals surface area contributed by atoms with Crippen LogP contribution >= 0.6 is 23.4 Å². The normalized spacial score (nSPS) is 11.4. The monoisotopic (exact) mass is 362 g/mol. The Kier molecular flexibility index (Phi) is 5.79. The molecule has 0 bridgehead atoms. The van der Waals surface area contributed by atoms with Crippen molar-refractivity contribution in [1.82, 2.24) is 0 Å². The fourth-order valence-corrected chi connectivity index (χ4v) is 2.80. The molecule has 0 fully saturated rings. The Morgan fingerprint density at radius 1 is 1.33 bits per heavy atom. The average Bonchev–Trinajstić information content (AvgIpc) is 2.56. The molecule has 0 heterocycles. The van der Waals surface area contributed by atoms with Crippen molar-refractivity contribution in [2.24, 2.45) is 0 Å². The van der Waals surface area contributed by atoms with E-state index in [0.717, 1.165) is 11.0 Å². The van der Waals surface area contributed by atoms with Crippen LogP contribution in [-0.2, 0) is 4.74 Å². The summed E-state index contributed by atoms with van der Waals surface area (Å²) >= 11 is 7.08. The van der Waals surface area contributed by atoms with E-state index < -0.39 is 17.0 Å². The Bertz CT molecular complexity index is 818. The lowest BCUT2D eigenvalue weighted by Gasteiger charge is -2.10. The second-order valence-electron chi connectivity index (χ2n) is 4.67. The van der Waals surface area contributed by atoms with Gasteiger partial charge in [0.05, 0.1) is 10.5 Å². The van der Waals surface area contributed by atoms with Gasteiger partial charge >= 0.3 is 5.97 Å². The van der Waals surface area contributed by atoms with Gasteiger partial charge in [0.2, 0.25) is 0 Å². The minimum atomic E-state index is -0.954. The molecule has 0 aliphatic rings. The topological polar surface area (TPSA) is 93.2 Å². The van der Waals surface area contributed by atoms with Crippen molar-refractivity contribution in [2.45, 2.75) is 22.8 Å². The molecule has 122 valence electrons. The molecule has 0 amide bonds. The van der Waals surface area contributed by atoms with Gasteiger partial charge in [-0.2, -0.15) is 5.26 Å². The van der Waals surface area contributed by atoms with Crippen molar-refractivity contribution in [3.05, 3.63) is 63.2 Å². The Morgan fingerprint density at radius 3 is 2.58 bits per heavy atom. The van der Waals surface area contributed by atoms with Gasteiger partial charge in [-0.1, -0.05) is 23.4 Å². The highest BCUT2D eigenvalue weighted by molar-refractivity contribution is 7.99. The third-order valence-corrected chi connectivity index (χ3v) is 4.24. The number of esters is 1. The molecule has 0 aliphatic heterocycles. The van der Waals surface area contributed by atoms with Crippen LogP contribution in [0.15, 0.2) is 52.3 Å². The zero-order valence-electron chi connectivity index (χ0n) is 12.4. The van der Waals surface area contributed by atoms with Crippen molar-refractivity contribution in [3.63, 3.8) is 0 Å². The van der Waals surface area contributed by atoms with Crippen molar-refractivity contribution in [1.29, 1.82) is 5.26 Å². The summed E-state index contributed by atoms with van der Waals surface area (Å²) in [7, 11) is 0. The number of carbonyl (C=O) groups excluding carboxylic acids is 1. The lowest BCUT2D eigenvalue weighted by atomic mass is 10.2. The first-order valence-electron chi connectivity index (χ1n) is 6.73. The highest BCUT2D eigenvalue weighted by Crippen LogP contribution is 2.33. The molecule has 0 aromatic heterocycles. The Morgan fingerprint density at radius 2 is 2.00 bits per heavy atom. The number of nitro groups is 1. The number of carbonyl (C=O) groups is 1. The van der Waals surface area contributed by atoms with Crippen LogP contribution in [-0.4, -0.2) is 17.0 Å². The Labute approximate surface area is 147 Å². The van der Waals surface area contributed by atoms with E-state index in [-0.39, 0.29) is 11.3 Å². The molecule has 8 heteroatoms. The Balaban J connectivity index is 2.38. The molecule has 0 aliphatic carbocycles. The molecule has 0 saturated carbocycles. The number of halogens is 1. The maximum absolute atomic E-state index is 12.2. The van der Waals surface area contributed by atoms with E-state index >= 15 is 0 Å². The number of hydrogen-bond donors (Lipinski definition) is 0. The molecule has 0 unspecified atom stereocenters. The van der Waals surface area contributed by atoms with Gasteiger partial charge in [-0.15, -0.1) is 0 Å². The first-order valence-corrected chi connectivity index (χ1v) is 7.92. The second-order valence-corrected chi connectivity index (χ2v) is 6.22. The van der Waals surface area contributed by atoms with Crippen LogP contribution in [0.4, 0.5) is 5.69 Å². The lowest BCUT2D eigenvalue weighted by molar-refractivity contribution is -0.384. The molecule has 6 nitrogen and oxygen atoms in total. The zero-order chi connectivity index (χ0) is 17.7. The predicted octanol–water partition coefficient (Wildman–Crippen LogP) is 4.47. The number of ether oxygens (including phenoxy) is 1. The van der Waals surface area contributed by atoms with E-state index in [9.17, 15) is 14.9 Å². The van der Waals surface area contributed by atoms with E-state index in [2.05, 4.69) is 0 Å². The number of non-ortho nitro benzene ring substituents is 1. The number of nitro benzene ring substituents is 1. The number of benzene rings is 2. The third-order valence-electron chi connectivity index (χ3n) is 2.90. The summed E-state index contributed by atoms with van der Waals surface area (Å²) in [6.45, 7) is 1.42. The molecule has 0 spiro atoms. The molecule has 0 radical (unpaired) electrons. The van der Waals surface area contributed by atoms with Gasteiger partial charge in [0, 0.05) is 26.9 Å². The summed E-state index contributed by atoms with van der Waals surface area (Å²) in [6.07, 6.45) is -0.954. The molecule has 2 rings (SSSR count). The highest BCUT2D eigenvalue weighted by atomic mass is 35.5. The standard InChI is InChI=1S/C16H11ClN2O4S/c1-10(9-18)23-16(20)14-8-12(19(21)22)4-7-15(14)24-13-5-2-11(17)3-6-13/h2-8,10H,1H3/t10-/m0/s1. The minimum Gasteiger partial charge on any atom is -0.444 e. The van der Waals surface area contributed by atoms with Gasteiger partial charge in [-0.25, -0.2) is 4.79 Å². The van der Waals surface area contributed by atoms with Gasteiger partial charge in [0.1, 0.15) is 6.07 Å². The number of nitrogens with zero attached hydrogens (tertiary/aromatic N) is 2. The summed E-state index contributed by atoms with van der Waals surface area (Å²) in [4.78, 5) is 23.9. The van der Waals surface area contributed by atoms with Crippen LogP contribution in [0.5, 0.6) is 0 Å². The van der Waals surface area contributed by atoms with Crippen LogP contribution in [0, 0.1) is 21.4 Å². The molecular weight excluding hydrogens is 352 g/mol. The van der Waals surface area contributed by atoms with E-state index in [0.29, 0.717) is 9.92 Å². The lowest BCUT2D eigenvalue weighted by Crippen LogP contribution is -2.14. The zero-order valence-corrected chi connectivity index (χ0v) is 14.0. The van der Waals surface area contributed by atoms with Crippen LogP contribution < -0.4 is 0 Å². The fourth-order valence-electron chi connectivity index (χ4n) is 1.76. The molecular formula is C16H11ClN2O4S. The molecule has 2 aromatic rings. The van der Waals surface area contributed by atoms with Crippen molar-refractivity contribution >= 4 is 35.0 Å². The third kappa shape index (κ3) is 4.47. The smallest absolute Gasteiger partial charge is 0.340 e. The highest BCUT2D eigenvalue weighted by Gasteiger charge is 2.20. The number of hydrogen-bond acceptors (Lipinski definition) is 6. The number of nitriles is 1. The fraction of sp³-hybridized carbons (Fsp3) is 0.125. The summed E-state index contributed by atoms with van der Waals surface area (Å²) in [5.41, 5.74) is -0.196.